The first kappa shape index (κ1) is 13.9. The number of nitrogens with one attached hydrogen (secondary N) is 1. The average Bonchev–Trinajstić information content (AvgIpc) is 2.77. The van der Waals surface area contributed by atoms with E-state index >= 15 is 0 Å². The number of benzene rings is 2. The van der Waals surface area contributed by atoms with E-state index < -0.39 is 17.7 Å². The summed E-state index contributed by atoms with van der Waals surface area (Å²) in [6, 6.07) is 9.18. The maximum Gasteiger partial charge on any atom is 0.131 e. The lowest BCUT2D eigenvalue weighted by atomic mass is 10.1. The Bertz CT molecular complexity index is 778. The Balaban J connectivity index is 1.90. The van der Waals surface area contributed by atoms with E-state index in [0.717, 1.165) is 20.9 Å². The number of anilines is 1. The van der Waals surface area contributed by atoms with E-state index in [1.807, 2.05) is 25.1 Å². The predicted octanol–water partition coefficient (Wildman–Crippen LogP) is 5.06. The third kappa shape index (κ3) is 2.74. The van der Waals surface area contributed by atoms with Gasteiger partial charge in [-0.25, -0.2) is 13.8 Å². The van der Waals surface area contributed by atoms with Gasteiger partial charge in [0.15, 0.2) is 0 Å². The molecule has 1 unspecified atom stereocenters. The fourth-order valence-electron chi connectivity index (χ4n) is 2.38. The molecule has 0 amide bonds. The molecule has 0 bridgehead atoms. The summed E-state index contributed by atoms with van der Waals surface area (Å²) in [5.74, 6) is -1.07. The van der Waals surface area contributed by atoms with Gasteiger partial charge in [-0.15, -0.1) is 11.3 Å². The van der Waals surface area contributed by atoms with E-state index in [1.54, 1.807) is 18.3 Å². The molecule has 3 rings (SSSR count). The van der Waals surface area contributed by atoms with Gasteiger partial charge in [0.1, 0.15) is 11.6 Å². The number of hydrogen-bond acceptors (Lipinski definition) is 3. The van der Waals surface area contributed by atoms with Crippen LogP contribution in [0.3, 0.4) is 0 Å². The second kappa shape index (κ2) is 5.41. The molecule has 2 aromatic carbocycles. The Morgan fingerprint density at radius 2 is 1.86 bits per heavy atom. The molecule has 0 saturated heterocycles. The summed E-state index contributed by atoms with van der Waals surface area (Å²) in [6.45, 7) is 3.69. The van der Waals surface area contributed by atoms with Crippen LogP contribution in [-0.4, -0.2) is 4.98 Å². The van der Waals surface area contributed by atoms with E-state index in [1.165, 1.54) is 18.2 Å². The van der Waals surface area contributed by atoms with E-state index in [9.17, 15) is 8.78 Å². The standard InChI is InChI=1S/C16H14F2N2S/c1-9(16-12(17)4-3-5-13(16)18)19-11-6-7-14-15(8-11)21-10(2)20-14/h3-9,19H,1-2H3. The van der Waals surface area contributed by atoms with Gasteiger partial charge in [0, 0.05) is 11.3 Å². The maximum absolute atomic E-state index is 13.8. The fraction of sp³-hybridized carbons (Fsp3) is 0.188. The number of rotatable bonds is 3. The van der Waals surface area contributed by atoms with Crippen molar-refractivity contribution >= 4 is 27.2 Å². The van der Waals surface area contributed by atoms with Crippen LogP contribution in [0.1, 0.15) is 23.5 Å². The molecule has 21 heavy (non-hydrogen) atoms. The van der Waals surface area contributed by atoms with Gasteiger partial charge in [-0.1, -0.05) is 6.07 Å². The number of thiazole rings is 1. The molecule has 0 spiro atoms. The van der Waals surface area contributed by atoms with Gasteiger partial charge in [-0.05, 0) is 44.2 Å². The van der Waals surface area contributed by atoms with Gasteiger partial charge in [-0.2, -0.15) is 0 Å². The highest BCUT2D eigenvalue weighted by Gasteiger charge is 2.16. The molecule has 3 aromatic rings. The van der Waals surface area contributed by atoms with Crippen LogP contribution >= 0.6 is 11.3 Å². The van der Waals surface area contributed by atoms with Gasteiger partial charge in [-0.3, -0.25) is 0 Å². The van der Waals surface area contributed by atoms with Crippen LogP contribution in [0, 0.1) is 18.6 Å². The monoisotopic (exact) mass is 304 g/mol. The molecule has 0 aliphatic carbocycles. The van der Waals surface area contributed by atoms with Gasteiger partial charge in [0.25, 0.3) is 0 Å². The number of hydrogen-bond donors (Lipinski definition) is 1. The minimum absolute atomic E-state index is 0.0538. The van der Waals surface area contributed by atoms with Crippen molar-refractivity contribution < 1.29 is 8.78 Å². The molecule has 0 aliphatic heterocycles. The van der Waals surface area contributed by atoms with Crippen molar-refractivity contribution in [1.29, 1.82) is 0 Å². The lowest BCUT2D eigenvalue weighted by Gasteiger charge is -2.17. The molecule has 0 fully saturated rings. The summed E-state index contributed by atoms with van der Waals surface area (Å²) in [4.78, 5) is 4.39. The number of nitrogens with zero attached hydrogens (tertiary/aromatic N) is 1. The maximum atomic E-state index is 13.8. The lowest BCUT2D eigenvalue weighted by molar-refractivity contribution is 0.544. The highest BCUT2D eigenvalue weighted by atomic mass is 32.1. The van der Waals surface area contributed by atoms with Crippen LogP contribution in [0.25, 0.3) is 10.2 Å². The van der Waals surface area contributed by atoms with Crippen LogP contribution in [-0.2, 0) is 0 Å². The molecular formula is C16H14F2N2S. The number of aromatic nitrogens is 1. The van der Waals surface area contributed by atoms with Crippen LogP contribution in [0.4, 0.5) is 14.5 Å². The largest absolute Gasteiger partial charge is 0.378 e. The summed E-state index contributed by atoms with van der Waals surface area (Å²) in [5.41, 5.74) is 1.81. The van der Waals surface area contributed by atoms with Crippen LogP contribution < -0.4 is 5.32 Å². The molecule has 108 valence electrons. The van der Waals surface area contributed by atoms with Crippen molar-refractivity contribution in [1.82, 2.24) is 4.98 Å². The highest BCUT2D eigenvalue weighted by Crippen LogP contribution is 2.28. The minimum Gasteiger partial charge on any atom is -0.378 e. The van der Waals surface area contributed by atoms with Crippen LogP contribution in [0.5, 0.6) is 0 Å². The molecule has 0 radical (unpaired) electrons. The van der Waals surface area contributed by atoms with Gasteiger partial charge in [0.05, 0.1) is 21.3 Å². The summed E-state index contributed by atoms with van der Waals surface area (Å²) >= 11 is 1.60. The Labute approximate surface area is 125 Å². The first-order valence-corrected chi connectivity index (χ1v) is 7.44. The van der Waals surface area contributed by atoms with Crippen LogP contribution in [0.15, 0.2) is 36.4 Å². The lowest BCUT2D eigenvalue weighted by Crippen LogP contribution is -2.10. The highest BCUT2D eigenvalue weighted by molar-refractivity contribution is 7.18. The van der Waals surface area contributed by atoms with Gasteiger partial charge < -0.3 is 5.32 Å². The smallest absolute Gasteiger partial charge is 0.131 e. The fourth-order valence-corrected chi connectivity index (χ4v) is 3.24. The first-order chi connectivity index (χ1) is 10.0. The Hall–Kier alpha value is -2.01. The molecule has 1 atom stereocenters. The van der Waals surface area contributed by atoms with Crippen molar-refractivity contribution in [3.8, 4) is 0 Å². The Kier molecular flexibility index (Phi) is 3.59. The second-order valence-electron chi connectivity index (χ2n) is 4.92. The van der Waals surface area contributed by atoms with Gasteiger partial charge >= 0.3 is 0 Å². The molecule has 1 aromatic heterocycles. The molecule has 0 saturated carbocycles. The third-order valence-corrected chi connectivity index (χ3v) is 4.24. The molecule has 1 heterocycles. The third-order valence-electron chi connectivity index (χ3n) is 3.31. The second-order valence-corrected chi connectivity index (χ2v) is 6.15. The van der Waals surface area contributed by atoms with Crippen molar-refractivity contribution in [2.24, 2.45) is 0 Å². The van der Waals surface area contributed by atoms with E-state index in [0.29, 0.717) is 0 Å². The zero-order valence-electron chi connectivity index (χ0n) is 11.7. The van der Waals surface area contributed by atoms with Crippen molar-refractivity contribution in [3.05, 3.63) is 58.6 Å². The minimum atomic E-state index is -0.537. The normalized spacial score (nSPS) is 12.6. The zero-order valence-corrected chi connectivity index (χ0v) is 12.5. The predicted molar refractivity (Wildman–Crippen MR) is 82.8 cm³/mol. The molecular weight excluding hydrogens is 290 g/mol. The van der Waals surface area contributed by atoms with Crippen molar-refractivity contribution in [2.45, 2.75) is 19.9 Å². The summed E-state index contributed by atoms with van der Waals surface area (Å²) in [5, 5.41) is 4.14. The number of aryl methyl sites for hydroxylation is 1. The van der Waals surface area contributed by atoms with E-state index in [4.69, 9.17) is 0 Å². The number of fused-ring (bicyclic) bond motifs is 1. The summed E-state index contributed by atoms with van der Waals surface area (Å²) in [6.07, 6.45) is 0. The molecule has 0 aliphatic rings. The zero-order chi connectivity index (χ0) is 15.0. The number of halogens is 2. The molecule has 1 N–H and O–H groups in total. The van der Waals surface area contributed by atoms with Crippen LogP contribution in [0.2, 0.25) is 0 Å². The average molecular weight is 304 g/mol. The van der Waals surface area contributed by atoms with Crippen molar-refractivity contribution in [2.75, 3.05) is 5.32 Å². The molecule has 2 nitrogen and oxygen atoms in total. The first-order valence-electron chi connectivity index (χ1n) is 6.62. The SMILES string of the molecule is Cc1nc2ccc(NC(C)c3c(F)cccc3F)cc2s1. The Morgan fingerprint density at radius 3 is 2.57 bits per heavy atom. The summed E-state index contributed by atoms with van der Waals surface area (Å²) in [7, 11) is 0. The molecule has 5 heteroatoms. The van der Waals surface area contributed by atoms with Gasteiger partial charge in [0.2, 0.25) is 0 Å². The summed E-state index contributed by atoms with van der Waals surface area (Å²) < 4.78 is 28.6. The topological polar surface area (TPSA) is 24.9 Å². The van der Waals surface area contributed by atoms with Crippen molar-refractivity contribution in [3.63, 3.8) is 0 Å². The van der Waals surface area contributed by atoms with E-state index in [2.05, 4.69) is 10.3 Å². The van der Waals surface area contributed by atoms with E-state index in [-0.39, 0.29) is 5.56 Å². The quantitative estimate of drug-likeness (QED) is 0.732. The Morgan fingerprint density at radius 1 is 1.14 bits per heavy atom.